The smallest absolute Gasteiger partial charge is 0.336 e. The first-order valence-corrected chi connectivity index (χ1v) is 10.1. The highest BCUT2D eigenvalue weighted by Crippen LogP contribution is 2.31. The van der Waals surface area contributed by atoms with Gasteiger partial charge in [-0.1, -0.05) is 30.3 Å². The SMILES string of the molecule is Cc1nn([C@@H]2CCS(=O)(=O)C2)c2nc(-c3ccccc3)cc(C(=O)O)c12. The van der Waals surface area contributed by atoms with Gasteiger partial charge in [0.1, 0.15) is 0 Å². The second-order valence-corrected chi connectivity index (χ2v) is 8.74. The lowest BCUT2D eigenvalue weighted by Crippen LogP contribution is -2.13. The molecule has 7 nitrogen and oxygen atoms in total. The molecule has 1 fully saturated rings. The number of carboxylic acids is 1. The molecule has 1 atom stereocenters. The number of pyridine rings is 1. The van der Waals surface area contributed by atoms with E-state index in [1.54, 1.807) is 17.7 Å². The average Bonchev–Trinajstić information content (AvgIpc) is 3.14. The zero-order valence-corrected chi connectivity index (χ0v) is 14.9. The van der Waals surface area contributed by atoms with Crippen molar-refractivity contribution in [2.75, 3.05) is 11.5 Å². The summed E-state index contributed by atoms with van der Waals surface area (Å²) in [6.07, 6.45) is 0.457. The van der Waals surface area contributed by atoms with Crippen molar-refractivity contribution in [2.24, 2.45) is 0 Å². The second-order valence-electron chi connectivity index (χ2n) is 6.51. The van der Waals surface area contributed by atoms with Crippen LogP contribution in [-0.2, 0) is 9.84 Å². The minimum atomic E-state index is -3.10. The van der Waals surface area contributed by atoms with Crippen LogP contribution in [0.15, 0.2) is 36.4 Å². The lowest BCUT2D eigenvalue weighted by molar-refractivity contribution is 0.0699. The first kappa shape index (κ1) is 16.7. The molecule has 0 amide bonds. The molecule has 1 aromatic carbocycles. The van der Waals surface area contributed by atoms with Crippen LogP contribution in [0.2, 0.25) is 0 Å². The minimum Gasteiger partial charge on any atom is -0.478 e. The fourth-order valence-electron chi connectivity index (χ4n) is 3.46. The molecule has 0 radical (unpaired) electrons. The normalized spacial score (nSPS) is 19.0. The third-order valence-electron chi connectivity index (χ3n) is 4.69. The first-order chi connectivity index (χ1) is 12.4. The summed E-state index contributed by atoms with van der Waals surface area (Å²) in [5, 5.41) is 14.6. The van der Waals surface area contributed by atoms with Crippen LogP contribution in [0.4, 0.5) is 0 Å². The molecule has 1 aliphatic heterocycles. The quantitative estimate of drug-likeness (QED) is 0.759. The Balaban J connectivity index is 1.98. The number of aromatic carboxylic acids is 1. The molecule has 26 heavy (non-hydrogen) atoms. The molecule has 2 aromatic heterocycles. The van der Waals surface area contributed by atoms with E-state index in [-0.39, 0.29) is 23.1 Å². The Bertz CT molecular complexity index is 1120. The molecule has 0 bridgehead atoms. The van der Waals surface area contributed by atoms with Gasteiger partial charge in [0, 0.05) is 5.56 Å². The maximum absolute atomic E-state index is 11.9. The lowest BCUT2D eigenvalue weighted by Gasteiger charge is -2.11. The predicted octanol–water partition coefficient (Wildman–Crippen LogP) is 2.46. The van der Waals surface area contributed by atoms with Gasteiger partial charge in [-0.15, -0.1) is 0 Å². The second kappa shape index (κ2) is 5.91. The number of hydrogen-bond acceptors (Lipinski definition) is 5. The van der Waals surface area contributed by atoms with E-state index in [1.165, 1.54) is 0 Å². The number of aryl methyl sites for hydroxylation is 1. The summed E-state index contributed by atoms with van der Waals surface area (Å²) < 4.78 is 25.3. The number of aromatic nitrogens is 3. The molecule has 0 unspecified atom stereocenters. The van der Waals surface area contributed by atoms with Crippen molar-refractivity contribution < 1.29 is 18.3 Å². The Hall–Kier alpha value is -2.74. The molecular weight excluding hydrogens is 354 g/mol. The van der Waals surface area contributed by atoms with Crippen molar-refractivity contribution in [3.8, 4) is 11.3 Å². The summed E-state index contributed by atoms with van der Waals surface area (Å²) >= 11 is 0. The van der Waals surface area contributed by atoms with Crippen LogP contribution in [-0.4, -0.2) is 45.8 Å². The van der Waals surface area contributed by atoms with Crippen molar-refractivity contribution in [3.05, 3.63) is 47.7 Å². The van der Waals surface area contributed by atoms with Gasteiger partial charge in [0.05, 0.1) is 39.9 Å². The van der Waals surface area contributed by atoms with Crippen molar-refractivity contribution in [3.63, 3.8) is 0 Å². The molecule has 0 spiro atoms. The highest BCUT2D eigenvalue weighted by Gasteiger charge is 2.32. The van der Waals surface area contributed by atoms with Crippen LogP contribution in [0, 0.1) is 6.92 Å². The van der Waals surface area contributed by atoms with Gasteiger partial charge >= 0.3 is 5.97 Å². The average molecular weight is 371 g/mol. The van der Waals surface area contributed by atoms with E-state index in [0.717, 1.165) is 5.56 Å². The third-order valence-corrected chi connectivity index (χ3v) is 6.44. The molecule has 4 rings (SSSR count). The minimum absolute atomic E-state index is 0.00285. The third kappa shape index (κ3) is 2.76. The van der Waals surface area contributed by atoms with Crippen molar-refractivity contribution in [2.45, 2.75) is 19.4 Å². The Morgan fingerprint density at radius 1 is 1.27 bits per heavy atom. The van der Waals surface area contributed by atoms with Crippen LogP contribution in [0.1, 0.15) is 28.5 Å². The number of sulfone groups is 1. The monoisotopic (exact) mass is 371 g/mol. The predicted molar refractivity (Wildman–Crippen MR) is 97.0 cm³/mol. The van der Waals surface area contributed by atoms with E-state index in [1.807, 2.05) is 30.3 Å². The number of benzene rings is 1. The summed E-state index contributed by atoms with van der Waals surface area (Å²) in [6.45, 7) is 1.72. The Morgan fingerprint density at radius 2 is 2.00 bits per heavy atom. The summed E-state index contributed by atoms with van der Waals surface area (Å²) in [7, 11) is -3.10. The van der Waals surface area contributed by atoms with Crippen molar-refractivity contribution >= 4 is 26.8 Å². The molecular formula is C18H17N3O4S. The van der Waals surface area contributed by atoms with Crippen LogP contribution in [0.5, 0.6) is 0 Å². The van der Waals surface area contributed by atoms with Crippen molar-refractivity contribution in [1.29, 1.82) is 0 Å². The number of nitrogens with zero attached hydrogens (tertiary/aromatic N) is 3. The van der Waals surface area contributed by atoms with Gasteiger partial charge in [-0.05, 0) is 19.4 Å². The van der Waals surface area contributed by atoms with Gasteiger partial charge in [0.2, 0.25) is 0 Å². The molecule has 3 aromatic rings. The van der Waals surface area contributed by atoms with E-state index in [4.69, 9.17) is 0 Å². The van der Waals surface area contributed by atoms with Crippen LogP contribution >= 0.6 is 0 Å². The van der Waals surface area contributed by atoms with E-state index in [9.17, 15) is 18.3 Å². The first-order valence-electron chi connectivity index (χ1n) is 8.25. The highest BCUT2D eigenvalue weighted by atomic mass is 32.2. The summed E-state index contributed by atoms with van der Waals surface area (Å²) in [6, 6.07) is 10.5. The number of carboxylic acid groups (broad SMARTS) is 1. The maximum atomic E-state index is 11.9. The number of hydrogen-bond donors (Lipinski definition) is 1. The summed E-state index contributed by atoms with van der Waals surface area (Å²) in [4.78, 5) is 16.5. The molecule has 134 valence electrons. The molecule has 3 heterocycles. The largest absolute Gasteiger partial charge is 0.478 e. The van der Waals surface area contributed by atoms with E-state index >= 15 is 0 Å². The van der Waals surface area contributed by atoms with Crippen molar-refractivity contribution in [1.82, 2.24) is 14.8 Å². The zero-order valence-electron chi connectivity index (χ0n) is 14.1. The van der Waals surface area contributed by atoms with E-state index in [0.29, 0.717) is 28.8 Å². The molecule has 0 aliphatic carbocycles. The van der Waals surface area contributed by atoms with Gasteiger partial charge in [0.25, 0.3) is 0 Å². The Labute approximate surface area is 150 Å². The van der Waals surface area contributed by atoms with Gasteiger partial charge in [-0.25, -0.2) is 22.9 Å². The van der Waals surface area contributed by atoms with E-state index < -0.39 is 15.8 Å². The molecule has 1 saturated heterocycles. The lowest BCUT2D eigenvalue weighted by atomic mass is 10.1. The number of rotatable bonds is 3. The fourth-order valence-corrected chi connectivity index (χ4v) is 5.15. The molecule has 8 heteroatoms. The Morgan fingerprint density at radius 3 is 2.62 bits per heavy atom. The molecule has 1 aliphatic rings. The van der Waals surface area contributed by atoms with E-state index in [2.05, 4.69) is 10.1 Å². The molecule has 0 saturated carbocycles. The maximum Gasteiger partial charge on any atom is 0.336 e. The van der Waals surface area contributed by atoms with Crippen LogP contribution < -0.4 is 0 Å². The van der Waals surface area contributed by atoms with Gasteiger partial charge in [0.15, 0.2) is 15.5 Å². The van der Waals surface area contributed by atoms with Crippen LogP contribution in [0.25, 0.3) is 22.3 Å². The Kier molecular flexibility index (Phi) is 3.80. The standard InChI is InChI=1S/C18H17N3O4S/c1-11-16-14(18(22)23)9-15(12-5-3-2-4-6-12)19-17(16)21(20-11)13-7-8-26(24,25)10-13/h2-6,9,13H,7-8,10H2,1H3,(H,22,23)/t13-/m1/s1. The van der Waals surface area contributed by atoms with Gasteiger partial charge in [-0.3, -0.25) is 0 Å². The summed E-state index contributed by atoms with van der Waals surface area (Å²) in [5.41, 5.74) is 2.40. The zero-order chi connectivity index (χ0) is 18.5. The van der Waals surface area contributed by atoms with Crippen LogP contribution in [0.3, 0.4) is 0 Å². The fraction of sp³-hybridized carbons (Fsp3) is 0.278. The molecule has 1 N–H and O–H groups in total. The number of carbonyl (C=O) groups is 1. The highest BCUT2D eigenvalue weighted by molar-refractivity contribution is 7.91. The topological polar surface area (TPSA) is 102 Å². The summed E-state index contributed by atoms with van der Waals surface area (Å²) in [5.74, 6) is -0.943. The van der Waals surface area contributed by atoms with Gasteiger partial charge < -0.3 is 5.11 Å². The van der Waals surface area contributed by atoms with Gasteiger partial charge in [-0.2, -0.15) is 5.10 Å². The number of fused-ring (bicyclic) bond motifs is 1.